The van der Waals surface area contributed by atoms with Crippen LogP contribution >= 0.6 is 0 Å². The van der Waals surface area contributed by atoms with E-state index in [9.17, 15) is 4.79 Å². The molecule has 0 aromatic heterocycles. The lowest BCUT2D eigenvalue weighted by atomic mass is 10.2. The summed E-state index contributed by atoms with van der Waals surface area (Å²) in [5, 5.41) is 11.8. The molecule has 4 heteroatoms. The lowest BCUT2D eigenvalue weighted by molar-refractivity contribution is -0.131. The van der Waals surface area contributed by atoms with E-state index in [0.717, 1.165) is 16.9 Å². The van der Waals surface area contributed by atoms with Crippen molar-refractivity contribution in [3.63, 3.8) is 0 Å². The third-order valence-electron chi connectivity index (χ3n) is 2.30. The molecule has 1 aromatic carbocycles. The summed E-state index contributed by atoms with van der Waals surface area (Å²) in [7, 11) is 3.96. The normalized spacial score (nSPS) is 11.1. The van der Waals surface area contributed by atoms with Crippen molar-refractivity contribution in [2.45, 2.75) is 6.92 Å². The van der Waals surface area contributed by atoms with E-state index in [0.29, 0.717) is 6.54 Å². The van der Waals surface area contributed by atoms with Gasteiger partial charge in [0.05, 0.1) is 0 Å². The number of carbonyl (C=O) groups is 1. The van der Waals surface area contributed by atoms with Crippen molar-refractivity contribution in [3.05, 3.63) is 35.9 Å². The van der Waals surface area contributed by atoms with Crippen LogP contribution in [0.2, 0.25) is 0 Å². The van der Waals surface area contributed by atoms with Gasteiger partial charge in [-0.25, -0.2) is 4.79 Å². The Kier molecular flexibility index (Phi) is 4.57. The van der Waals surface area contributed by atoms with E-state index in [4.69, 9.17) is 5.11 Å². The zero-order valence-corrected chi connectivity index (χ0v) is 10.4. The van der Waals surface area contributed by atoms with E-state index in [1.54, 1.807) is 6.92 Å². The Bertz CT molecular complexity index is 425. The lowest BCUT2D eigenvalue weighted by Crippen LogP contribution is -2.09. The van der Waals surface area contributed by atoms with Crippen molar-refractivity contribution in [2.24, 2.45) is 0 Å². The van der Waals surface area contributed by atoms with Crippen LogP contribution in [0.5, 0.6) is 0 Å². The molecule has 0 spiro atoms. The first-order chi connectivity index (χ1) is 7.99. The molecule has 0 saturated heterocycles. The number of nitrogens with zero attached hydrogens (tertiary/aromatic N) is 1. The second-order valence-corrected chi connectivity index (χ2v) is 4.13. The van der Waals surface area contributed by atoms with Gasteiger partial charge in [0.2, 0.25) is 0 Å². The highest BCUT2D eigenvalue weighted by Crippen LogP contribution is 2.17. The second-order valence-electron chi connectivity index (χ2n) is 4.13. The molecule has 0 aliphatic rings. The van der Waals surface area contributed by atoms with Crippen molar-refractivity contribution in [1.82, 2.24) is 0 Å². The Morgan fingerprint density at radius 2 is 2.18 bits per heavy atom. The Labute approximate surface area is 102 Å². The molecular formula is C13H18N2O2. The number of rotatable bonds is 5. The van der Waals surface area contributed by atoms with Crippen LogP contribution in [-0.4, -0.2) is 31.7 Å². The summed E-state index contributed by atoms with van der Waals surface area (Å²) in [6.07, 6.45) is 1.21. The monoisotopic (exact) mass is 234 g/mol. The molecule has 92 valence electrons. The quantitative estimate of drug-likeness (QED) is 0.767. The fourth-order valence-electron chi connectivity index (χ4n) is 1.40. The highest BCUT2D eigenvalue weighted by atomic mass is 16.4. The van der Waals surface area contributed by atoms with E-state index in [1.807, 2.05) is 43.3 Å². The van der Waals surface area contributed by atoms with Crippen molar-refractivity contribution in [2.75, 3.05) is 30.9 Å². The Morgan fingerprint density at radius 1 is 1.47 bits per heavy atom. The van der Waals surface area contributed by atoms with Crippen molar-refractivity contribution >= 4 is 17.3 Å². The minimum atomic E-state index is -0.911. The smallest absolute Gasteiger partial charge is 0.328 e. The largest absolute Gasteiger partial charge is 0.478 e. The van der Waals surface area contributed by atoms with Gasteiger partial charge in [-0.05, 0) is 30.7 Å². The maximum absolute atomic E-state index is 10.5. The van der Waals surface area contributed by atoms with Gasteiger partial charge in [-0.2, -0.15) is 0 Å². The Balaban J connectivity index is 2.63. The standard InChI is InChI=1S/C13H18N2O2/c1-10(7-13(16)17)9-14-11-5-4-6-12(8-11)15(2)3/h4-8,14H,9H2,1-3H3,(H,16,17)/b10-7+. The zero-order chi connectivity index (χ0) is 12.8. The van der Waals surface area contributed by atoms with E-state index < -0.39 is 5.97 Å². The van der Waals surface area contributed by atoms with Crippen LogP contribution in [0.15, 0.2) is 35.9 Å². The maximum Gasteiger partial charge on any atom is 0.328 e. The minimum Gasteiger partial charge on any atom is -0.478 e. The molecule has 0 heterocycles. The summed E-state index contributed by atoms with van der Waals surface area (Å²) < 4.78 is 0. The van der Waals surface area contributed by atoms with Crippen LogP contribution in [0.3, 0.4) is 0 Å². The zero-order valence-electron chi connectivity index (χ0n) is 10.4. The molecule has 0 aliphatic heterocycles. The van der Waals surface area contributed by atoms with Gasteiger partial charge in [0.1, 0.15) is 0 Å². The van der Waals surface area contributed by atoms with Crippen LogP contribution < -0.4 is 10.2 Å². The van der Waals surface area contributed by atoms with Gasteiger partial charge in [-0.15, -0.1) is 0 Å². The summed E-state index contributed by atoms with van der Waals surface area (Å²) in [5.41, 5.74) is 2.87. The number of nitrogens with one attached hydrogen (secondary N) is 1. The number of benzene rings is 1. The van der Waals surface area contributed by atoms with Gasteiger partial charge in [0.25, 0.3) is 0 Å². The van der Waals surface area contributed by atoms with Gasteiger partial charge in [-0.1, -0.05) is 6.07 Å². The average Bonchev–Trinajstić information content (AvgIpc) is 2.26. The van der Waals surface area contributed by atoms with Crippen LogP contribution in [0, 0.1) is 0 Å². The molecule has 1 aromatic rings. The molecule has 0 unspecified atom stereocenters. The fourth-order valence-corrected chi connectivity index (χ4v) is 1.40. The lowest BCUT2D eigenvalue weighted by Gasteiger charge is -2.14. The molecule has 4 nitrogen and oxygen atoms in total. The Hall–Kier alpha value is -1.97. The van der Waals surface area contributed by atoms with Crippen molar-refractivity contribution < 1.29 is 9.90 Å². The molecule has 0 radical (unpaired) electrons. The van der Waals surface area contributed by atoms with E-state index in [2.05, 4.69) is 5.32 Å². The van der Waals surface area contributed by atoms with E-state index in [-0.39, 0.29) is 0 Å². The van der Waals surface area contributed by atoms with Gasteiger partial charge in [0, 0.05) is 38.1 Å². The highest BCUT2D eigenvalue weighted by Gasteiger charge is 1.98. The highest BCUT2D eigenvalue weighted by molar-refractivity contribution is 5.80. The first kappa shape index (κ1) is 13.1. The molecule has 0 fully saturated rings. The van der Waals surface area contributed by atoms with Crippen molar-refractivity contribution in [3.8, 4) is 0 Å². The Morgan fingerprint density at radius 3 is 2.76 bits per heavy atom. The fraction of sp³-hybridized carbons (Fsp3) is 0.308. The SMILES string of the molecule is C/C(=C\C(=O)O)CNc1cccc(N(C)C)c1. The van der Waals surface area contributed by atoms with Crippen LogP contribution in [0.4, 0.5) is 11.4 Å². The van der Waals surface area contributed by atoms with Gasteiger partial charge < -0.3 is 15.3 Å². The number of anilines is 2. The number of carboxylic acids is 1. The molecular weight excluding hydrogens is 216 g/mol. The average molecular weight is 234 g/mol. The number of aliphatic carboxylic acids is 1. The summed E-state index contributed by atoms with van der Waals surface area (Å²) >= 11 is 0. The predicted octanol–water partition coefficient (Wildman–Crippen LogP) is 2.20. The molecule has 0 saturated carbocycles. The van der Waals surface area contributed by atoms with Gasteiger partial charge in [-0.3, -0.25) is 0 Å². The van der Waals surface area contributed by atoms with Crippen LogP contribution in [0.1, 0.15) is 6.92 Å². The van der Waals surface area contributed by atoms with Crippen molar-refractivity contribution in [1.29, 1.82) is 0 Å². The summed E-state index contributed by atoms with van der Waals surface area (Å²) in [6, 6.07) is 7.97. The van der Waals surface area contributed by atoms with Crippen LogP contribution in [-0.2, 0) is 4.79 Å². The van der Waals surface area contributed by atoms with E-state index >= 15 is 0 Å². The summed E-state index contributed by atoms with van der Waals surface area (Å²) in [6.45, 7) is 2.32. The maximum atomic E-state index is 10.5. The first-order valence-electron chi connectivity index (χ1n) is 5.40. The predicted molar refractivity (Wildman–Crippen MR) is 70.7 cm³/mol. The first-order valence-corrected chi connectivity index (χ1v) is 5.40. The summed E-state index contributed by atoms with van der Waals surface area (Å²) in [5.74, 6) is -0.911. The summed E-state index contributed by atoms with van der Waals surface area (Å²) in [4.78, 5) is 12.5. The third-order valence-corrected chi connectivity index (χ3v) is 2.30. The molecule has 1 rings (SSSR count). The molecule has 0 atom stereocenters. The molecule has 0 amide bonds. The van der Waals surface area contributed by atoms with Crippen LogP contribution in [0.25, 0.3) is 0 Å². The van der Waals surface area contributed by atoms with Gasteiger partial charge >= 0.3 is 5.97 Å². The number of hydrogen-bond donors (Lipinski definition) is 2. The molecule has 17 heavy (non-hydrogen) atoms. The third kappa shape index (κ3) is 4.59. The second kappa shape index (κ2) is 5.94. The molecule has 2 N–H and O–H groups in total. The minimum absolute atomic E-state index is 0.531. The van der Waals surface area contributed by atoms with E-state index in [1.165, 1.54) is 6.08 Å². The van der Waals surface area contributed by atoms with Gasteiger partial charge in [0.15, 0.2) is 0 Å². The number of hydrogen-bond acceptors (Lipinski definition) is 3. The molecule has 0 bridgehead atoms. The number of carboxylic acid groups (broad SMARTS) is 1. The topological polar surface area (TPSA) is 52.6 Å². The molecule has 0 aliphatic carbocycles.